The summed E-state index contributed by atoms with van der Waals surface area (Å²) in [6.07, 6.45) is 1.63. The third-order valence-corrected chi connectivity index (χ3v) is 11.7. The summed E-state index contributed by atoms with van der Waals surface area (Å²) in [6.45, 7) is 3.25. The molecule has 1 aromatic carbocycles. The van der Waals surface area contributed by atoms with Crippen LogP contribution in [0.25, 0.3) is 10.9 Å². The Morgan fingerprint density at radius 3 is 2.32 bits per heavy atom. The molecule has 2 heterocycles. The molecule has 14 nitrogen and oxygen atoms in total. The van der Waals surface area contributed by atoms with Gasteiger partial charge in [-0.15, -0.1) is 0 Å². The molecule has 0 spiro atoms. The first-order chi connectivity index (χ1) is 20.3. The van der Waals surface area contributed by atoms with Gasteiger partial charge in [0.2, 0.25) is 5.43 Å². The zero-order valence-corrected chi connectivity index (χ0v) is 25.8. The number of carbonyl (C=O) groups excluding carboxylic acids is 1. The van der Waals surface area contributed by atoms with Gasteiger partial charge in [-0.3, -0.25) is 13.9 Å². The quantitative estimate of drug-likeness (QED) is 0.211. The monoisotopic (exact) mass is 663 g/mol. The van der Waals surface area contributed by atoms with Crippen LogP contribution in [0, 0.1) is 5.82 Å². The number of pyridine rings is 1. The van der Waals surface area contributed by atoms with Gasteiger partial charge in [-0.05, 0) is 50.2 Å². The third-order valence-electron chi connectivity index (χ3n) is 7.80. The van der Waals surface area contributed by atoms with Gasteiger partial charge in [-0.1, -0.05) is 13.8 Å². The fraction of sp³-hybridized carbons (Fsp3) is 0.500. The average molecular weight is 664 g/mol. The van der Waals surface area contributed by atoms with Gasteiger partial charge in [0, 0.05) is 36.6 Å². The number of nitrogens with zero attached hydrogens (tertiary/aromatic N) is 2. The maximum absolute atomic E-state index is 16.2. The van der Waals surface area contributed by atoms with E-state index in [2.05, 4.69) is 4.74 Å². The van der Waals surface area contributed by atoms with Crippen molar-refractivity contribution in [2.24, 2.45) is 0 Å². The molecule has 1 aliphatic carbocycles. The summed E-state index contributed by atoms with van der Waals surface area (Å²) in [6, 6.07) is 1.51. The first-order valence-electron chi connectivity index (χ1n) is 13.6. The molecule has 0 bridgehead atoms. The molecule has 44 heavy (non-hydrogen) atoms. The van der Waals surface area contributed by atoms with Crippen LogP contribution in [-0.2, 0) is 13.9 Å². The van der Waals surface area contributed by atoms with E-state index < -0.39 is 67.4 Å². The molecule has 0 unspecified atom stereocenters. The van der Waals surface area contributed by atoms with E-state index in [-0.39, 0.29) is 41.0 Å². The van der Waals surface area contributed by atoms with Crippen molar-refractivity contribution in [3.8, 4) is 0 Å². The second-order valence-corrected chi connectivity index (χ2v) is 15.5. The topological polar surface area (TPSA) is 216 Å². The van der Waals surface area contributed by atoms with Crippen molar-refractivity contribution in [3.63, 3.8) is 0 Å². The van der Waals surface area contributed by atoms with Crippen LogP contribution < -0.4 is 15.6 Å². The number of hydrogen-bond donors (Lipinski definition) is 6. The number of carboxylic acids is 1. The Bertz CT molecular complexity index is 1690. The van der Waals surface area contributed by atoms with Gasteiger partial charge in [0.25, 0.3) is 0 Å². The van der Waals surface area contributed by atoms with Crippen LogP contribution in [0.4, 0.5) is 19.3 Å². The van der Waals surface area contributed by atoms with Crippen LogP contribution in [0.1, 0.15) is 74.3 Å². The SMILES string of the molecule is CC(C)c1c(N2CCC/C(=C(\F)CNC(=O)OC(C)(P(=O)(O)O)P(=O)(O)O)C2)cc2c(c1F)c(=O)c(C(=O)O)cn2C1CC1. The second-order valence-electron chi connectivity index (χ2n) is 11.3. The van der Waals surface area contributed by atoms with Crippen LogP contribution in [0.2, 0.25) is 0 Å². The minimum atomic E-state index is -5.67. The highest BCUT2D eigenvalue weighted by molar-refractivity contribution is 7.72. The molecule has 1 saturated heterocycles. The van der Waals surface area contributed by atoms with E-state index in [0.717, 1.165) is 12.8 Å². The number of anilines is 1. The van der Waals surface area contributed by atoms with Gasteiger partial charge < -0.3 is 44.2 Å². The highest BCUT2D eigenvalue weighted by Gasteiger charge is 2.60. The molecule has 1 amide bonds. The number of alkyl carbamates (subject to hydrolysis) is 1. The summed E-state index contributed by atoms with van der Waals surface area (Å²) in [4.78, 5) is 76.1. The maximum Gasteiger partial charge on any atom is 0.409 e. The number of nitrogens with one attached hydrogen (secondary N) is 1. The molecule has 0 radical (unpaired) electrons. The standard InChI is InChI=1S/C26H33F2N3O11P2/c1-13(2)20-18(9-19-21(22(20)28)23(32)16(24(33)34)12-31(19)15-6-7-15)30-8-4-5-14(11-30)17(27)10-29-25(35)42-26(3,43(36,37)38)44(39,40)41/h9,12-13,15H,4-8,10-11H2,1-3H3,(H,29,35)(H,33,34)(H2,36,37,38)(H2,39,40,41)/b17-14+. The van der Waals surface area contributed by atoms with Crippen LogP contribution >= 0.6 is 15.2 Å². The largest absolute Gasteiger partial charge is 0.477 e. The van der Waals surface area contributed by atoms with E-state index in [0.29, 0.717) is 25.6 Å². The minimum absolute atomic E-state index is 0.0588. The summed E-state index contributed by atoms with van der Waals surface area (Å²) >= 11 is 0. The summed E-state index contributed by atoms with van der Waals surface area (Å²) < 4.78 is 60.7. The van der Waals surface area contributed by atoms with E-state index in [1.54, 1.807) is 29.4 Å². The number of hydrogen-bond acceptors (Lipinski definition) is 7. The van der Waals surface area contributed by atoms with Crippen molar-refractivity contribution >= 4 is 43.8 Å². The van der Waals surface area contributed by atoms with Gasteiger partial charge in [0.05, 0.1) is 17.4 Å². The minimum Gasteiger partial charge on any atom is -0.477 e. The molecule has 1 saturated carbocycles. The summed E-state index contributed by atoms with van der Waals surface area (Å²) in [5.74, 6) is -3.62. The van der Waals surface area contributed by atoms with Gasteiger partial charge in [-0.2, -0.15) is 0 Å². The molecular weight excluding hydrogens is 630 g/mol. The van der Waals surface area contributed by atoms with Crippen molar-refractivity contribution in [1.82, 2.24) is 9.88 Å². The smallest absolute Gasteiger partial charge is 0.409 e. The summed E-state index contributed by atoms with van der Waals surface area (Å²) in [5, 5.41) is 7.66. The van der Waals surface area contributed by atoms with E-state index >= 15 is 8.78 Å². The number of amides is 1. The number of benzene rings is 1. The van der Waals surface area contributed by atoms with Crippen molar-refractivity contribution in [2.75, 3.05) is 24.5 Å². The Hall–Kier alpha value is -3.13. The number of piperidine rings is 1. The average Bonchev–Trinajstić information content (AvgIpc) is 3.75. The van der Waals surface area contributed by atoms with Gasteiger partial charge in [-0.25, -0.2) is 18.4 Å². The lowest BCUT2D eigenvalue weighted by atomic mass is 9.94. The number of rotatable bonds is 9. The molecule has 6 N–H and O–H groups in total. The first kappa shape index (κ1) is 33.8. The molecule has 242 valence electrons. The predicted molar refractivity (Wildman–Crippen MR) is 154 cm³/mol. The van der Waals surface area contributed by atoms with E-state index in [1.165, 1.54) is 6.20 Å². The highest BCUT2D eigenvalue weighted by Crippen LogP contribution is 2.69. The Balaban J connectivity index is 1.66. The Morgan fingerprint density at radius 2 is 1.80 bits per heavy atom. The number of aromatic carboxylic acids is 1. The molecule has 0 atom stereocenters. The van der Waals surface area contributed by atoms with Crippen molar-refractivity contribution in [3.05, 3.63) is 50.8 Å². The number of halogens is 2. The number of carboxylic acid groups (broad SMARTS) is 1. The highest BCUT2D eigenvalue weighted by atomic mass is 31.2. The van der Waals surface area contributed by atoms with E-state index in [4.69, 9.17) is 0 Å². The summed E-state index contributed by atoms with van der Waals surface area (Å²) in [5.41, 5.74) is -0.523. The van der Waals surface area contributed by atoms with E-state index in [9.17, 15) is 48.2 Å². The van der Waals surface area contributed by atoms with Crippen LogP contribution in [0.15, 0.2) is 28.5 Å². The number of carbonyl (C=O) groups is 2. The second kappa shape index (κ2) is 12.0. The molecule has 4 rings (SSSR count). The lowest BCUT2D eigenvalue weighted by Crippen LogP contribution is -2.38. The lowest BCUT2D eigenvalue weighted by Gasteiger charge is -2.34. The van der Waals surface area contributed by atoms with Crippen LogP contribution in [0.3, 0.4) is 0 Å². The number of aromatic nitrogens is 1. The zero-order chi connectivity index (χ0) is 32.9. The zero-order valence-electron chi connectivity index (χ0n) is 24.0. The van der Waals surface area contributed by atoms with Crippen molar-refractivity contribution < 1.29 is 56.9 Å². The number of ether oxygens (including phenoxy) is 1. The van der Waals surface area contributed by atoms with Crippen LogP contribution in [0.5, 0.6) is 0 Å². The molecule has 2 aromatic rings. The van der Waals surface area contributed by atoms with E-state index in [1.807, 2.05) is 5.32 Å². The fourth-order valence-corrected chi connectivity index (χ4v) is 6.91. The molecular formula is C26H33F2N3O11P2. The Kier molecular flexibility index (Phi) is 9.20. The molecule has 1 aliphatic heterocycles. The third kappa shape index (κ3) is 6.33. The van der Waals surface area contributed by atoms with Crippen molar-refractivity contribution in [2.45, 2.75) is 63.5 Å². The molecule has 1 aromatic heterocycles. The van der Waals surface area contributed by atoms with Gasteiger partial charge >= 0.3 is 32.3 Å². The van der Waals surface area contributed by atoms with Crippen LogP contribution in [-0.4, -0.2) is 66.0 Å². The number of fused-ring (bicyclic) bond motifs is 1. The normalized spacial score (nSPS) is 17.6. The maximum atomic E-state index is 16.2. The molecule has 2 fully saturated rings. The first-order valence-corrected chi connectivity index (χ1v) is 16.8. The Morgan fingerprint density at radius 1 is 1.18 bits per heavy atom. The predicted octanol–water partition coefficient (Wildman–Crippen LogP) is 3.88. The lowest BCUT2D eigenvalue weighted by molar-refractivity contribution is 0.0694. The Labute approximate surface area is 249 Å². The van der Waals surface area contributed by atoms with Gasteiger partial charge in [0.15, 0.2) is 0 Å². The molecule has 18 heteroatoms. The van der Waals surface area contributed by atoms with Gasteiger partial charge in [0.1, 0.15) is 17.2 Å². The molecule has 2 aliphatic rings. The summed E-state index contributed by atoms with van der Waals surface area (Å²) in [7, 11) is -11.3. The van der Waals surface area contributed by atoms with Crippen molar-refractivity contribution in [1.29, 1.82) is 0 Å². The fourth-order valence-electron chi connectivity index (χ4n) is 5.15.